The van der Waals surface area contributed by atoms with Gasteiger partial charge in [0.2, 0.25) is 0 Å². The Balaban J connectivity index is 1.97. The zero-order valence-corrected chi connectivity index (χ0v) is 12.9. The second-order valence-corrected chi connectivity index (χ2v) is 5.72. The van der Waals surface area contributed by atoms with Gasteiger partial charge in [0.25, 0.3) is 0 Å². The highest BCUT2D eigenvalue weighted by molar-refractivity contribution is 6.08. The Hall–Kier alpha value is -3.07. The van der Waals surface area contributed by atoms with Crippen molar-refractivity contribution >= 4 is 38.9 Å². The molecule has 0 fully saturated rings. The van der Waals surface area contributed by atoms with Gasteiger partial charge in [0.05, 0.1) is 16.7 Å². The summed E-state index contributed by atoms with van der Waals surface area (Å²) in [5.41, 5.74) is 11.9. The van der Waals surface area contributed by atoms with E-state index in [1.807, 2.05) is 55.5 Å². The number of para-hydroxylation sites is 2. The van der Waals surface area contributed by atoms with E-state index in [-0.39, 0.29) is 0 Å². The third-order valence-corrected chi connectivity index (χ3v) is 4.14. The van der Waals surface area contributed by atoms with Crippen LogP contribution < -0.4 is 11.1 Å². The molecule has 3 aromatic carbocycles. The van der Waals surface area contributed by atoms with Gasteiger partial charge in [-0.2, -0.15) is 0 Å². The standard InChI is InChI=1S/C20H17N3/c1-13-10-11-14(12-17(13)21)22-20-15-6-2-4-8-18(15)23-19-9-5-3-7-16(19)20/h2-12H,21H2,1H3,(H,22,23). The Labute approximate surface area is 134 Å². The van der Waals surface area contributed by atoms with Crippen molar-refractivity contribution in [3.63, 3.8) is 0 Å². The summed E-state index contributed by atoms with van der Waals surface area (Å²) >= 11 is 0. The minimum atomic E-state index is 0.790. The zero-order chi connectivity index (χ0) is 15.8. The van der Waals surface area contributed by atoms with Crippen LogP contribution in [-0.4, -0.2) is 4.98 Å². The number of anilines is 3. The minimum absolute atomic E-state index is 0.790. The number of pyridine rings is 1. The predicted molar refractivity (Wildman–Crippen MR) is 98.1 cm³/mol. The van der Waals surface area contributed by atoms with E-state index in [4.69, 9.17) is 10.7 Å². The van der Waals surface area contributed by atoms with Crippen LogP contribution >= 0.6 is 0 Å². The van der Waals surface area contributed by atoms with E-state index in [1.54, 1.807) is 0 Å². The lowest BCUT2D eigenvalue weighted by atomic mass is 10.1. The molecule has 0 bridgehead atoms. The SMILES string of the molecule is Cc1ccc(Nc2c3ccccc3nc3ccccc23)cc1N. The molecular weight excluding hydrogens is 282 g/mol. The van der Waals surface area contributed by atoms with Gasteiger partial charge < -0.3 is 11.1 Å². The monoisotopic (exact) mass is 299 g/mol. The number of benzene rings is 3. The van der Waals surface area contributed by atoms with E-state index in [1.165, 1.54) is 0 Å². The molecule has 0 aliphatic heterocycles. The Morgan fingerprint density at radius 3 is 2.04 bits per heavy atom. The van der Waals surface area contributed by atoms with Gasteiger partial charge in [-0.05, 0) is 36.8 Å². The third-order valence-electron chi connectivity index (χ3n) is 4.14. The van der Waals surface area contributed by atoms with E-state index in [0.717, 1.165) is 44.4 Å². The van der Waals surface area contributed by atoms with Gasteiger partial charge in [-0.15, -0.1) is 0 Å². The van der Waals surface area contributed by atoms with Gasteiger partial charge in [-0.1, -0.05) is 42.5 Å². The fraction of sp³-hybridized carbons (Fsp3) is 0.0500. The first-order valence-corrected chi connectivity index (χ1v) is 7.63. The Morgan fingerprint density at radius 1 is 0.826 bits per heavy atom. The molecule has 4 rings (SSSR count). The van der Waals surface area contributed by atoms with Crippen molar-refractivity contribution in [2.45, 2.75) is 6.92 Å². The van der Waals surface area contributed by atoms with Crippen molar-refractivity contribution in [2.24, 2.45) is 0 Å². The molecule has 4 aromatic rings. The average Bonchev–Trinajstić information content (AvgIpc) is 2.58. The predicted octanol–water partition coefficient (Wildman–Crippen LogP) is 5.02. The zero-order valence-electron chi connectivity index (χ0n) is 12.9. The van der Waals surface area contributed by atoms with Crippen LogP contribution in [-0.2, 0) is 0 Å². The molecule has 0 spiro atoms. The molecule has 0 aliphatic rings. The number of hydrogen-bond donors (Lipinski definition) is 2. The van der Waals surface area contributed by atoms with Crippen LogP contribution in [0.4, 0.5) is 17.1 Å². The number of aromatic nitrogens is 1. The molecule has 3 heteroatoms. The summed E-state index contributed by atoms with van der Waals surface area (Å²) in [5, 5.41) is 5.74. The number of aryl methyl sites for hydroxylation is 1. The van der Waals surface area contributed by atoms with Crippen molar-refractivity contribution in [1.29, 1.82) is 0 Å². The second kappa shape index (κ2) is 5.29. The van der Waals surface area contributed by atoms with Crippen LogP contribution in [0.2, 0.25) is 0 Å². The van der Waals surface area contributed by atoms with E-state index in [2.05, 4.69) is 23.5 Å². The molecule has 3 N–H and O–H groups in total. The molecule has 0 atom stereocenters. The normalized spacial score (nSPS) is 11.0. The lowest BCUT2D eigenvalue weighted by molar-refractivity contribution is 1.45. The molecule has 0 aliphatic carbocycles. The smallest absolute Gasteiger partial charge is 0.0730 e. The van der Waals surface area contributed by atoms with Gasteiger partial charge in [-0.25, -0.2) is 4.98 Å². The van der Waals surface area contributed by atoms with Crippen LogP contribution in [0.15, 0.2) is 66.7 Å². The highest BCUT2D eigenvalue weighted by atomic mass is 14.9. The lowest BCUT2D eigenvalue weighted by Gasteiger charge is -2.14. The van der Waals surface area contributed by atoms with Crippen LogP contribution in [0.1, 0.15) is 5.56 Å². The molecule has 23 heavy (non-hydrogen) atoms. The van der Waals surface area contributed by atoms with Crippen molar-refractivity contribution in [3.8, 4) is 0 Å². The molecule has 0 saturated heterocycles. The summed E-state index contributed by atoms with van der Waals surface area (Å²) in [7, 11) is 0. The van der Waals surface area contributed by atoms with Crippen LogP contribution in [0.3, 0.4) is 0 Å². The van der Waals surface area contributed by atoms with E-state index < -0.39 is 0 Å². The summed E-state index contributed by atoms with van der Waals surface area (Å²) in [5.74, 6) is 0. The first kappa shape index (κ1) is 13.6. The van der Waals surface area contributed by atoms with Gasteiger partial charge in [0, 0.05) is 22.1 Å². The molecule has 112 valence electrons. The highest BCUT2D eigenvalue weighted by Gasteiger charge is 2.09. The fourth-order valence-corrected chi connectivity index (χ4v) is 2.84. The molecule has 0 unspecified atom stereocenters. The summed E-state index contributed by atoms with van der Waals surface area (Å²) in [6.07, 6.45) is 0. The maximum absolute atomic E-state index is 6.05. The van der Waals surface area contributed by atoms with Crippen LogP contribution in [0.5, 0.6) is 0 Å². The Morgan fingerprint density at radius 2 is 1.43 bits per heavy atom. The van der Waals surface area contributed by atoms with E-state index in [0.29, 0.717) is 0 Å². The maximum Gasteiger partial charge on any atom is 0.0730 e. The van der Waals surface area contributed by atoms with Gasteiger partial charge in [0.15, 0.2) is 0 Å². The molecule has 0 radical (unpaired) electrons. The van der Waals surface area contributed by atoms with Crippen molar-refractivity contribution in [3.05, 3.63) is 72.3 Å². The number of nitrogens with one attached hydrogen (secondary N) is 1. The van der Waals surface area contributed by atoms with Crippen molar-refractivity contribution < 1.29 is 0 Å². The number of rotatable bonds is 2. The number of fused-ring (bicyclic) bond motifs is 2. The Kier molecular flexibility index (Phi) is 3.12. The average molecular weight is 299 g/mol. The molecule has 0 saturated carbocycles. The van der Waals surface area contributed by atoms with Crippen molar-refractivity contribution in [1.82, 2.24) is 4.98 Å². The maximum atomic E-state index is 6.05. The lowest BCUT2D eigenvalue weighted by Crippen LogP contribution is -1.97. The first-order valence-electron chi connectivity index (χ1n) is 7.63. The number of hydrogen-bond acceptors (Lipinski definition) is 3. The van der Waals surface area contributed by atoms with Crippen LogP contribution in [0, 0.1) is 6.92 Å². The molecular formula is C20H17N3. The minimum Gasteiger partial charge on any atom is -0.398 e. The Bertz CT molecular complexity index is 968. The second-order valence-electron chi connectivity index (χ2n) is 5.72. The summed E-state index contributed by atoms with van der Waals surface area (Å²) < 4.78 is 0. The van der Waals surface area contributed by atoms with E-state index in [9.17, 15) is 0 Å². The molecule has 3 nitrogen and oxygen atoms in total. The number of nitrogens with two attached hydrogens (primary N) is 1. The first-order chi connectivity index (χ1) is 11.2. The van der Waals surface area contributed by atoms with Crippen LogP contribution in [0.25, 0.3) is 21.8 Å². The molecule has 1 aromatic heterocycles. The topological polar surface area (TPSA) is 50.9 Å². The van der Waals surface area contributed by atoms with Gasteiger partial charge in [0.1, 0.15) is 0 Å². The van der Waals surface area contributed by atoms with Gasteiger partial charge in [-0.3, -0.25) is 0 Å². The van der Waals surface area contributed by atoms with Gasteiger partial charge >= 0.3 is 0 Å². The van der Waals surface area contributed by atoms with Crippen molar-refractivity contribution in [2.75, 3.05) is 11.1 Å². The summed E-state index contributed by atoms with van der Waals surface area (Å²) in [4.78, 5) is 4.75. The largest absolute Gasteiger partial charge is 0.398 e. The molecule has 1 heterocycles. The fourth-order valence-electron chi connectivity index (χ4n) is 2.84. The van der Waals surface area contributed by atoms with E-state index >= 15 is 0 Å². The number of nitrogen functional groups attached to an aromatic ring is 1. The summed E-state index contributed by atoms with van der Waals surface area (Å²) in [6, 6.07) is 22.4. The third kappa shape index (κ3) is 2.36. The molecule has 0 amide bonds. The highest BCUT2D eigenvalue weighted by Crippen LogP contribution is 2.33. The summed E-state index contributed by atoms with van der Waals surface area (Å²) in [6.45, 7) is 2.01. The number of nitrogens with zero attached hydrogens (tertiary/aromatic N) is 1. The quantitative estimate of drug-likeness (QED) is 0.403.